The third kappa shape index (κ3) is 4.19. The van der Waals surface area contributed by atoms with Gasteiger partial charge in [0.25, 0.3) is 0 Å². The van der Waals surface area contributed by atoms with E-state index in [2.05, 4.69) is 30.0 Å². The molecule has 106 valence electrons. The first-order valence-electron chi connectivity index (χ1n) is 6.89. The van der Waals surface area contributed by atoms with Gasteiger partial charge in [0.05, 0.1) is 5.69 Å². The molecule has 2 aromatic carbocycles. The Morgan fingerprint density at radius 2 is 1.95 bits per heavy atom. The molecular weight excluding hydrogens is 260 g/mol. The quantitative estimate of drug-likeness (QED) is 0.621. The van der Waals surface area contributed by atoms with E-state index in [-0.39, 0.29) is 5.75 Å². The number of phenolic OH excluding ortho intramolecular Hbond substituents is 1. The van der Waals surface area contributed by atoms with Crippen molar-refractivity contribution in [3.05, 3.63) is 53.6 Å². The molecule has 0 bridgehead atoms. The molecule has 0 atom stereocenters. The van der Waals surface area contributed by atoms with Gasteiger partial charge < -0.3 is 5.11 Å². The van der Waals surface area contributed by atoms with Crippen LogP contribution in [0.1, 0.15) is 25.0 Å². The molecule has 3 nitrogen and oxygen atoms in total. The average molecular weight is 278 g/mol. The number of terminal acetylenes is 1. The van der Waals surface area contributed by atoms with E-state index < -0.39 is 0 Å². The van der Waals surface area contributed by atoms with Crippen LogP contribution in [0.15, 0.2) is 52.7 Å². The molecule has 3 heteroatoms. The number of nitrogens with zero attached hydrogens (tertiary/aromatic N) is 2. The predicted octanol–water partition coefficient (Wildman–Crippen LogP) is 4.99. The maximum absolute atomic E-state index is 9.86. The summed E-state index contributed by atoms with van der Waals surface area (Å²) in [4.78, 5) is 0. The Bertz CT molecular complexity index is 697. The minimum Gasteiger partial charge on any atom is -0.506 e. The third-order valence-corrected chi connectivity index (χ3v) is 2.97. The van der Waals surface area contributed by atoms with E-state index in [1.807, 2.05) is 30.3 Å². The number of hydrogen-bond donors (Lipinski definition) is 1. The Morgan fingerprint density at radius 3 is 2.67 bits per heavy atom. The second kappa shape index (κ2) is 6.71. The van der Waals surface area contributed by atoms with Gasteiger partial charge in [-0.2, -0.15) is 5.11 Å². The van der Waals surface area contributed by atoms with Crippen LogP contribution in [0.5, 0.6) is 5.75 Å². The molecule has 0 fully saturated rings. The zero-order chi connectivity index (χ0) is 15.2. The number of phenols is 1. The molecule has 0 aliphatic heterocycles. The highest BCUT2D eigenvalue weighted by atomic mass is 16.3. The molecule has 2 rings (SSSR count). The first kappa shape index (κ1) is 14.8. The van der Waals surface area contributed by atoms with Crippen molar-refractivity contribution in [2.75, 3.05) is 0 Å². The number of benzene rings is 2. The summed E-state index contributed by atoms with van der Waals surface area (Å²) < 4.78 is 0. The van der Waals surface area contributed by atoms with Crippen LogP contribution < -0.4 is 0 Å². The highest BCUT2D eigenvalue weighted by Gasteiger charge is 2.04. The fraction of sp³-hybridized carbons (Fsp3) is 0.222. The maximum atomic E-state index is 9.86. The molecule has 1 N–H and O–H groups in total. The zero-order valence-corrected chi connectivity index (χ0v) is 12.2. The third-order valence-electron chi connectivity index (χ3n) is 2.97. The first-order chi connectivity index (χ1) is 10.1. The smallest absolute Gasteiger partial charge is 0.143 e. The largest absolute Gasteiger partial charge is 0.506 e. The van der Waals surface area contributed by atoms with Gasteiger partial charge in [0, 0.05) is 5.56 Å². The van der Waals surface area contributed by atoms with Crippen LogP contribution in [-0.2, 0) is 6.42 Å². The summed E-state index contributed by atoms with van der Waals surface area (Å²) >= 11 is 0. The van der Waals surface area contributed by atoms with Crippen LogP contribution in [-0.4, -0.2) is 5.11 Å². The number of azo groups is 1. The van der Waals surface area contributed by atoms with Crippen molar-refractivity contribution in [3.63, 3.8) is 0 Å². The minimum absolute atomic E-state index is 0.124. The van der Waals surface area contributed by atoms with Gasteiger partial charge in [-0.05, 0) is 48.2 Å². The Hall–Kier alpha value is -2.60. The Kier molecular flexibility index (Phi) is 4.73. The Balaban J connectivity index is 2.25. The average Bonchev–Trinajstić information content (AvgIpc) is 2.47. The fourth-order valence-electron chi connectivity index (χ4n) is 2.02. The van der Waals surface area contributed by atoms with Gasteiger partial charge >= 0.3 is 0 Å². The molecule has 0 aliphatic carbocycles. The molecule has 0 spiro atoms. The lowest BCUT2D eigenvalue weighted by Gasteiger charge is -2.06. The molecule has 0 amide bonds. The van der Waals surface area contributed by atoms with E-state index >= 15 is 0 Å². The predicted molar refractivity (Wildman–Crippen MR) is 85.2 cm³/mol. The Morgan fingerprint density at radius 1 is 1.14 bits per heavy atom. The van der Waals surface area contributed by atoms with Crippen molar-refractivity contribution in [3.8, 4) is 18.1 Å². The standard InChI is InChI=1S/C18H18N2O/c1-4-14-6-5-7-16(11-14)19-20-17-12-15(10-13(2)3)8-9-18(17)21/h1,5-9,11-13,21H,10H2,2-3H3/b20-19+. The van der Waals surface area contributed by atoms with Gasteiger partial charge in [-0.1, -0.05) is 31.9 Å². The van der Waals surface area contributed by atoms with Crippen LogP contribution in [0.25, 0.3) is 0 Å². The van der Waals surface area contributed by atoms with Gasteiger partial charge in [-0.25, -0.2) is 0 Å². The highest BCUT2D eigenvalue weighted by molar-refractivity contribution is 5.53. The molecular formula is C18H18N2O. The van der Waals surface area contributed by atoms with Gasteiger partial charge in [-0.3, -0.25) is 0 Å². The topological polar surface area (TPSA) is 45.0 Å². The van der Waals surface area contributed by atoms with Gasteiger partial charge in [-0.15, -0.1) is 11.5 Å². The molecule has 0 aliphatic rings. The number of rotatable bonds is 4. The summed E-state index contributed by atoms with van der Waals surface area (Å²) in [6.45, 7) is 4.30. The van der Waals surface area contributed by atoms with Crippen molar-refractivity contribution >= 4 is 11.4 Å². The molecule has 0 unspecified atom stereocenters. The van der Waals surface area contributed by atoms with Crippen LogP contribution in [0.3, 0.4) is 0 Å². The SMILES string of the molecule is C#Cc1cccc(/N=N/c2cc(CC(C)C)ccc2O)c1. The van der Waals surface area contributed by atoms with Gasteiger partial charge in [0.1, 0.15) is 11.4 Å². The fourth-order valence-corrected chi connectivity index (χ4v) is 2.02. The summed E-state index contributed by atoms with van der Waals surface area (Å²) in [5, 5.41) is 18.1. The van der Waals surface area contributed by atoms with E-state index in [4.69, 9.17) is 6.42 Å². The lowest BCUT2D eigenvalue weighted by Crippen LogP contribution is -1.93. The molecule has 21 heavy (non-hydrogen) atoms. The van der Waals surface area contributed by atoms with Crippen molar-refractivity contribution < 1.29 is 5.11 Å². The molecule has 0 radical (unpaired) electrons. The molecule has 0 saturated carbocycles. The second-order valence-electron chi connectivity index (χ2n) is 5.32. The molecule has 2 aromatic rings. The summed E-state index contributed by atoms with van der Waals surface area (Å²) in [5.41, 5.74) is 3.02. The lowest BCUT2D eigenvalue weighted by molar-refractivity contribution is 0.476. The summed E-state index contributed by atoms with van der Waals surface area (Å²) in [7, 11) is 0. The van der Waals surface area contributed by atoms with E-state index in [1.54, 1.807) is 12.1 Å². The summed E-state index contributed by atoms with van der Waals surface area (Å²) in [6, 6.07) is 12.7. The van der Waals surface area contributed by atoms with Gasteiger partial charge in [0.15, 0.2) is 0 Å². The zero-order valence-electron chi connectivity index (χ0n) is 12.2. The van der Waals surface area contributed by atoms with E-state index in [0.29, 0.717) is 17.3 Å². The van der Waals surface area contributed by atoms with Crippen LogP contribution in [0.4, 0.5) is 11.4 Å². The lowest BCUT2D eigenvalue weighted by atomic mass is 10.0. The number of hydrogen-bond acceptors (Lipinski definition) is 3. The van der Waals surface area contributed by atoms with Crippen molar-refractivity contribution in [2.24, 2.45) is 16.1 Å². The van der Waals surface area contributed by atoms with Crippen molar-refractivity contribution in [2.45, 2.75) is 20.3 Å². The normalized spacial score (nSPS) is 11.0. The highest BCUT2D eigenvalue weighted by Crippen LogP contribution is 2.30. The summed E-state index contributed by atoms with van der Waals surface area (Å²) in [5.74, 6) is 3.23. The van der Waals surface area contributed by atoms with Crippen LogP contribution >= 0.6 is 0 Å². The molecule has 0 heterocycles. The molecule has 0 aromatic heterocycles. The summed E-state index contributed by atoms with van der Waals surface area (Å²) in [6.07, 6.45) is 6.29. The Labute approximate surface area is 125 Å². The van der Waals surface area contributed by atoms with Crippen LogP contribution in [0, 0.1) is 18.3 Å². The van der Waals surface area contributed by atoms with Gasteiger partial charge in [0.2, 0.25) is 0 Å². The number of aromatic hydroxyl groups is 1. The van der Waals surface area contributed by atoms with Crippen LogP contribution in [0.2, 0.25) is 0 Å². The van der Waals surface area contributed by atoms with E-state index in [1.165, 1.54) is 0 Å². The maximum Gasteiger partial charge on any atom is 0.143 e. The van der Waals surface area contributed by atoms with Crippen molar-refractivity contribution in [1.29, 1.82) is 0 Å². The van der Waals surface area contributed by atoms with E-state index in [0.717, 1.165) is 17.5 Å². The second-order valence-corrected chi connectivity index (χ2v) is 5.32. The molecule has 0 saturated heterocycles. The van der Waals surface area contributed by atoms with E-state index in [9.17, 15) is 5.11 Å². The first-order valence-corrected chi connectivity index (χ1v) is 6.89. The van der Waals surface area contributed by atoms with Crippen molar-refractivity contribution in [1.82, 2.24) is 0 Å². The monoisotopic (exact) mass is 278 g/mol. The minimum atomic E-state index is 0.124.